The second-order valence-electron chi connectivity index (χ2n) is 17.4. The van der Waals surface area contributed by atoms with E-state index in [2.05, 4.69) is 17.1 Å². The molecule has 3 fully saturated rings. The lowest BCUT2D eigenvalue weighted by molar-refractivity contribution is -0.227. The normalized spacial score (nSPS) is 34.3. The number of rotatable bonds is 8. The number of nitrogens with one attached hydrogen (secondary N) is 1. The van der Waals surface area contributed by atoms with Crippen LogP contribution in [0, 0.1) is 35.5 Å². The molecule has 0 aromatic heterocycles. The first kappa shape index (κ1) is 44.6. The SMILES string of the molecule is CC(=O)O[C@H]1C(C)=C[C@@H]2[C@H](C(C)CN3CCN(Cc4cc(C(F)(F)F)cc(C(F)(F)F)c4)CC3)CC[C@@H](C)[C@]2(O)C1[C@H]1[C@@H](C(=O)O)N[C@@H]2ON(C)c3c(Cl)cccc3[C@@]21O. The van der Waals surface area contributed by atoms with E-state index in [1.54, 1.807) is 32.2 Å². The fourth-order valence-electron chi connectivity index (χ4n) is 11.1. The molecular weight excluding hydrogens is 822 g/mol. The first-order valence-corrected chi connectivity index (χ1v) is 20.6. The number of piperazine rings is 1. The van der Waals surface area contributed by atoms with Crippen molar-refractivity contribution in [3.05, 3.63) is 75.3 Å². The molecule has 1 saturated carbocycles. The van der Waals surface area contributed by atoms with Crippen LogP contribution in [0.2, 0.25) is 5.02 Å². The molecule has 2 aliphatic carbocycles. The highest BCUT2D eigenvalue weighted by Gasteiger charge is 2.71. The van der Waals surface area contributed by atoms with Crippen molar-refractivity contribution >= 4 is 29.2 Å². The van der Waals surface area contributed by atoms with Gasteiger partial charge in [-0.3, -0.25) is 29.7 Å². The van der Waals surface area contributed by atoms with Gasteiger partial charge in [-0.1, -0.05) is 43.7 Å². The van der Waals surface area contributed by atoms with Crippen LogP contribution in [0.5, 0.6) is 0 Å². The number of benzene rings is 2. The fourth-order valence-corrected chi connectivity index (χ4v) is 11.4. The van der Waals surface area contributed by atoms with E-state index in [1.165, 1.54) is 12.0 Å². The van der Waals surface area contributed by atoms with Crippen molar-refractivity contribution in [2.45, 2.75) is 89.0 Å². The summed E-state index contributed by atoms with van der Waals surface area (Å²) in [6.07, 6.45) is -9.10. The Kier molecular flexibility index (Phi) is 11.9. The molecular formula is C42H51ClF6N4O7. The molecule has 11 nitrogen and oxygen atoms in total. The quantitative estimate of drug-likeness (QED) is 0.135. The van der Waals surface area contributed by atoms with Crippen molar-refractivity contribution in [2.24, 2.45) is 35.5 Å². The maximum Gasteiger partial charge on any atom is 0.416 e. The minimum Gasteiger partial charge on any atom is -0.480 e. The number of hydrogen-bond acceptors (Lipinski definition) is 10. The van der Waals surface area contributed by atoms with Crippen molar-refractivity contribution in [2.75, 3.05) is 44.8 Å². The average molecular weight is 873 g/mol. The van der Waals surface area contributed by atoms with Gasteiger partial charge >= 0.3 is 24.3 Å². The second-order valence-corrected chi connectivity index (χ2v) is 17.8. The highest BCUT2D eigenvalue weighted by atomic mass is 35.5. The summed E-state index contributed by atoms with van der Waals surface area (Å²) in [6.45, 7) is 9.24. The summed E-state index contributed by atoms with van der Waals surface area (Å²) in [5.41, 5.74) is -5.32. The van der Waals surface area contributed by atoms with Gasteiger partial charge in [0.15, 0.2) is 6.23 Å². The van der Waals surface area contributed by atoms with Crippen molar-refractivity contribution in [3.8, 4) is 0 Å². The molecule has 4 N–H and O–H groups in total. The molecule has 2 unspecified atom stereocenters. The molecule has 2 aromatic rings. The van der Waals surface area contributed by atoms with Gasteiger partial charge in [0.2, 0.25) is 0 Å². The van der Waals surface area contributed by atoms with Crippen molar-refractivity contribution in [1.29, 1.82) is 0 Å². The lowest BCUT2D eigenvalue weighted by atomic mass is 9.49. The van der Waals surface area contributed by atoms with Gasteiger partial charge in [0.25, 0.3) is 0 Å². The lowest BCUT2D eigenvalue weighted by Crippen LogP contribution is -2.67. The maximum absolute atomic E-state index is 13.5. The van der Waals surface area contributed by atoms with E-state index in [0.29, 0.717) is 62.4 Å². The number of alkyl halides is 6. The van der Waals surface area contributed by atoms with Crippen LogP contribution < -0.4 is 10.4 Å². The van der Waals surface area contributed by atoms with Gasteiger partial charge in [0, 0.05) is 76.6 Å². The Morgan fingerprint density at radius 1 is 1.00 bits per heavy atom. The van der Waals surface area contributed by atoms with Crippen molar-refractivity contribution < 1.29 is 60.8 Å². The van der Waals surface area contributed by atoms with Crippen LogP contribution in [-0.2, 0) is 43.7 Å². The average Bonchev–Trinajstić information content (AvgIpc) is 3.45. The largest absolute Gasteiger partial charge is 0.480 e. The van der Waals surface area contributed by atoms with E-state index in [1.807, 2.05) is 17.9 Å². The van der Waals surface area contributed by atoms with Gasteiger partial charge < -0.3 is 25.0 Å². The van der Waals surface area contributed by atoms with Crippen LogP contribution in [-0.4, -0.2) is 101 Å². The molecule has 0 amide bonds. The van der Waals surface area contributed by atoms with E-state index in [9.17, 15) is 51.3 Å². The monoisotopic (exact) mass is 872 g/mol. The highest BCUT2D eigenvalue weighted by molar-refractivity contribution is 6.33. The van der Waals surface area contributed by atoms with Crippen LogP contribution >= 0.6 is 11.6 Å². The van der Waals surface area contributed by atoms with Crippen LogP contribution in [0.25, 0.3) is 0 Å². The number of esters is 1. The number of nitrogens with zero attached hydrogens (tertiary/aromatic N) is 3. The van der Waals surface area contributed by atoms with E-state index in [-0.39, 0.29) is 35.0 Å². The number of hydroxylamine groups is 1. The van der Waals surface area contributed by atoms with Crippen molar-refractivity contribution in [1.82, 2.24) is 15.1 Å². The maximum atomic E-state index is 13.5. The first-order chi connectivity index (χ1) is 28.0. The third kappa shape index (κ3) is 7.81. The molecule has 0 bridgehead atoms. The van der Waals surface area contributed by atoms with Gasteiger partial charge in [-0.05, 0) is 72.9 Å². The number of carboxylic acids is 1. The number of carboxylic acid groups (broad SMARTS) is 1. The molecule has 2 aromatic carbocycles. The Morgan fingerprint density at radius 3 is 2.20 bits per heavy atom. The highest BCUT2D eigenvalue weighted by Crippen LogP contribution is 2.62. The third-order valence-electron chi connectivity index (χ3n) is 13.8. The van der Waals surface area contributed by atoms with Gasteiger partial charge in [0.1, 0.15) is 17.7 Å². The number of para-hydroxylation sites is 1. The number of aliphatic hydroxyl groups is 2. The minimum atomic E-state index is -4.93. The summed E-state index contributed by atoms with van der Waals surface area (Å²) in [5, 5.41) is 41.9. The summed E-state index contributed by atoms with van der Waals surface area (Å²) in [7, 11) is 1.59. The summed E-state index contributed by atoms with van der Waals surface area (Å²) in [5.74, 6) is -5.64. The van der Waals surface area contributed by atoms with Crippen LogP contribution in [0.15, 0.2) is 48.0 Å². The van der Waals surface area contributed by atoms with Gasteiger partial charge in [0.05, 0.1) is 27.4 Å². The van der Waals surface area contributed by atoms with E-state index in [0.717, 1.165) is 12.1 Å². The topological polar surface area (TPSA) is 135 Å². The Bertz CT molecular complexity index is 1980. The standard InChI is InChI=1S/C42H51ClF6N4O7/c1-21-15-30-28(22(2)19-52-11-13-53(14-12-52)20-25-16-26(41(44,45)46)18-27(17-25)42(47,48)49)10-9-23(3)39(30,57)33(36(21)59-24(4)54)32-34(37(55)56)50-38-40(32,58)29-7-6-8-31(43)35(29)51(5)60-38/h6-8,15-18,22-23,28,30,32-34,36,38,50,57-58H,9-14,19-20H2,1-5H3,(H,55,56)/t22?,23-,28+,30-,32+,33?,34+,36+,38-,39-,40+/m1/s1. The molecule has 330 valence electrons. The molecule has 3 aliphatic heterocycles. The number of halogens is 7. The van der Waals surface area contributed by atoms with Crippen LogP contribution in [0.1, 0.15) is 62.8 Å². The predicted octanol–water partition coefficient (Wildman–Crippen LogP) is 6.30. The molecule has 0 spiro atoms. The van der Waals surface area contributed by atoms with Crippen molar-refractivity contribution in [3.63, 3.8) is 0 Å². The smallest absolute Gasteiger partial charge is 0.416 e. The van der Waals surface area contributed by atoms with E-state index in [4.69, 9.17) is 21.2 Å². The van der Waals surface area contributed by atoms with E-state index >= 15 is 0 Å². The second kappa shape index (κ2) is 16.0. The number of aliphatic carboxylic acids is 1. The zero-order chi connectivity index (χ0) is 43.9. The van der Waals surface area contributed by atoms with Gasteiger partial charge in [-0.25, -0.2) is 0 Å². The number of fused-ring (bicyclic) bond motifs is 4. The molecule has 0 radical (unpaired) electrons. The molecule has 2 saturated heterocycles. The third-order valence-corrected chi connectivity index (χ3v) is 14.1. The number of anilines is 1. The summed E-state index contributed by atoms with van der Waals surface area (Å²) >= 11 is 6.64. The molecule has 5 aliphatic rings. The van der Waals surface area contributed by atoms with Gasteiger partial charge in [-0.15, -0.1) is 0 Å². The molecule has 7 rings (SSSR count). The Labute approximate surface area is 349 Å². The molecule has 11 atom stereocenters. The zero-order valence-corrected chi connectivity index (χ0v) is 34.6. The molecule has 3 heterocycles. The lowest BCUT2D eigenvalue weighted by Gasteiger charge is -2.60. The van der Waals surface area contributed by atoms with Gasteiger partial charge in [-0.2, -0.15) is 26.3 Å². The van der Waals surface area contributed by atoms with Crippen LogP contribution in [0.3, 0.4) is 0 Å². The number of hydrogen-bond donors (Lipinski definition) is 4. The Balaban J connectivity index is 1.16. The molecule has 18 heteroatoms. The minimum absolute atomic E-state index is 0.0626. The summed E-state index contributed by atoms with van der Waals surface area (Å²) < 4.78 is 87.1. The fraction of sp³-hybridized carbons (Fsp3) is 0.619. The molecule has 60 heavy (non-hydrogen) atoms. The number of carbonyl (C=O) groups excluding carboxylic acids is 1. The van der Waals surface area contributed by atoms with E-state index < -0.39 is 88.7 Å². The zero-order valence-electron chi connectivity index (χ0n) is 33.9. The number of ether oxygens (including phenoxy) is 1. The summed E-state index contributed by atoms with van der Waals surface area (Å²) in [6, 6.07) is 5.10. The Morgan fingerprint density at radius 2 is 1.62 bits per heavy atom. The number of carbonyl (C=O) groups is 2. The predicted molar refractivity (Wildman–Crippen MR) is 207 cm³/mol. The first-order valence-electron chi connectivity index (χ1n) is 20.2. The Hall–Kier alpha value is -3.45. The van der Waals surface area contributed by atoms with Crippen LogP contribution in [0.4, 0.5) is 32.0 Å². The summed E-state index contributed by atoms with van der Waals surface area (Å²) in [4.78, 5) is 36.1.